The first-order chi connectivity index (χ1) is 15.4. The van der Waals surface area contributed by atoms with Gasteiger partial charge in [-0.15, -0.1) is 0 Å². The number of aliphatic carboxylic acids is 1. The number of aromatic nitrogens is 2. The number of nitrogens with zero attached hydrogens (tertiary/aromatic N) is 3. The summed E-state index contributed by atoms with van der Waals surface area (Å²) in [4.78, 5) is 25.7. The van der Waals surface area contributed by atoms with Crippen LogP contribution in [-0.4, -0.2) is 42.5 Å². The molecular formula is C23H18BrN3O3S2. The molecule has 0 radical (unpaired) electrons. The molecule has 1 amide bonds. The van der Waals surface area contributed by atoms with Gasteiger partial charge in [-0.25, -0.2) is 4.68 Å². The van der Waals surface area contributed by atoms with Gasteiger partial charge in [0.05, 0.1) is 16.3 Å². The third-order valence-corrected chi connectivity index (χ3v) is 6.72. The van der Waals surface area contributed by atoms with E-state index in [4.69, 9.17) is 22.4 Å². The highest BCUT2D eigenvalue weighted by atomic mass is 79.9. The summed E-state index contributed by atoms with van der Waals surface area (Å²) in [5, 5.41) is 13.6. The molecule has 0 saturated carbocycles. The second-order valence-corrected chi connectivity index (χ2v) is 9.64. The number of para-hydroxylation sites is 1. The van der Waals surface area contributed by atoms with Gasteiger partial charge in [-0.1, -0.05) is 70.2 Å². The Morgan fingerprint density at radius 2 is 1.88 bits per heavy atom. The Kier molecular flexibility index (Phi) is 6.88. The fourth-order valence-corrected chi connectivity index (χ4v) is 4.82. The summed E-state index contributed by atoms with van der Waals surface area (Å²) in [5.74, 6) is -1.10. The zero-order valence-corrected chi connectivity index (χ0v) is 20.0. The molecule has 0 bridgehead atoms. The fourth-order valence-electron chi connectivity index (χ4n) is 3.26. The van der Waals surface area contributed by atoms with E-state index in [9.17, 15) is 9.59 Å². The van der Waals surface area contributed by atoms with Gasteiger partial charge in [-0.3, -0.25) is 14.5 Å². The number of carbonyl (C=O) groups excluding carboxylic acids is 1. The topological polar surface area (TPSA) is 75.4 Å². The summed E-state index contributed by atoms with van der Waals surface area (Å²) in [6.45, 7) is 0.289. The molecule has 1 saturated heterocycles. The van der Waals surface area contributed by atoms with Crippen LogP contribution in [0.5, 0.6) is 0 Å². The smallest absolute Gasteiger partial charge is 0.303 e. The summed E-state index contributed by atoms with van der Waals surface area (Å²) in [7, 11) is 0. The number of benzene rings is 2. The van der Waals surface area contributed by atoms with E-state index in [1.54, 1.807) is 10.8 Å². The lowest BCUT2D eigenvalue weighted by Gasteiger charge is -2.13. The highest BCUT2D eigenvalue weighted by Gasteiger charge is 2.32. The number of carboxylic acid groups (broad SMARTS) is 1. The first-order valence-electron chi connectivity index (χ1n) is 9.80. The molecule has 32 heavy (non-hydrogen) atoms. The molecule has 2 heterocycles. The number of rotatable bonds is 7. The molecule has 1 aliphatic rings. The summed E-state index contributed by atoms with van der Waals surface area (Å²) in [5.41, 5.74) is 3.37. The molecule has 0 aliphatic carbocycles. The third kappa shape index (κ3) is 5.01. The molecule has 3 aromatic rings. The highest BCUT2D eigenvalue weighted by Crippen LogP contribution is 2.35. The van der Waals surface area contributed by atoms with Crippen LogP contribution >= 0.6 is 39.9 Å². The van der Waals surface area contributed by atoms with Crippen molar-refractivity contribution in [3.05, 3.63) is 75.7 Å². The Labute approximate surface area is 203 Å². The van der Waals surface area contributed by atoms with Crippen molar-refractivity contribution in [2.75, 3.05) is 6.54 Å². The van der Waals surface area contributed by atoms with Crippen molar-refractivity contribution < 1.29 is 14.7 Å². The first-order valence-corrected chi connectivity index (χ1v) is 11.8. The van der Waals surface area contributed by atoms with E-state index in [1.807, 2.05) is 60.8 Å². The number of carboxylic acids is 1. The van der Waals surface area contributed by atoms with Gasteiger partial charge >= 0.3 is 5.97 Å². The third-order valence-electron chi connectivity index (χ3n) is 4.81. The van der Waals surface area contributed by atoms with Crippen molar-refractivity contribution in [2.45, 2.75) is 12.8 Å². The molecule has 1 aliphatic heterocycles. The predicted octanol–water partition coefficient (Wildman–Crippen LogP) is 5.37. The van der Waals surface area contributed by atoms with E-state index in [2.05, 4.69) is 15.9 Å². The van der Waals surface area contributed by atoms with E-state index in [0.717, 1.165) is 27.0 Å². The van der Waals surface area contributed by atoms with Crippen LogP contribution in [0.15, 0.2) is 70.2 Å². The Morgan fingerprint density at radius 1 is 1.16 bits per heavy atom. The van der Waals surface area contributed by atoms with Crippen LogP contribution in [0.4, 0.5) is 0 Å². The monoisotopic (exact) mass is 527 g/mol. The summed E-state index contributed by atoms with van der Waals surface area (Å²) in [6, 6.07) is 17.6. The van der Waals surface area contributed by atoms with Crippen molar-refractivity contribution in [1.29, 1.82) is 0 Å². The molecule has 0 unspecified atom stereocenters. The molecule has 6 nitrogen and oxygen atoms in total. The molecule has 1 fully saturated rings. The Morgan fingerprint density at radius 3 is 2.56 bits per heavy atom. The maximum atomic E-state index is 12.9. The summed E-state index contributed by atoms with van der Waals surface area (Å²) in [6.07, 6.45) is 4.04. The number of hydrogen-bond acceptors (Lipinski definition) is 5. The van der Waals surface area contributed by atoms with Crippen LogP contribution in [0.2, 0.25) is 0 Å². The van der Waals surface area contributed by atoms with E-state index in [1.165, 1.54) is 16.7 Å². The van der Waals surface area contributed by atoms with Gasteiger partial charge in [0.2, 0.25) is 0 Å². The average Bonchev–Trinajstić information content (AvgIpc) is 3.31. The SMILES string of the molecule is O=C(O)CCCN1C(=O)C(=Cc2cn(-c3ccccc3)nc2-c2ccc(Br)cc2)SC1=S. The minimum atomic E-state index is -0.890. The standard InChI is InChI=1S/C23H18BrN3O3S2/c24-17-10-8-15(9-11-17)21-16(14-27(25-21)18-5-2-1-3-6-18)13-19-22(30)26(23(31)32-19)12-4-7-20(28)29/h1-3,5-6,8-11,13-14H,4,7,12H2,(H,28,29). The molecule has 0 spiro atoms. The minimum absolute atomic E-state index is 0.00628. The van der Waals surface area contributed by atoms with Crippen molar-refractivity contribution >= 4 is 62.2 Å². The van der Waals surface area contributed by atoms with E-state index < -0.39 is 5.97 Å². The van der Waals surface area contributed by atoms with E-state index in [-0.39, 0.29) is 18.9 Å². The van der Waals surface area contributed by atoms with Gasteiger partial charge in [0.15, 0.2) is 0 Å². The first kappa shape index (κ1) is 22.4. The summed E-state index contributed by atoms with van der Waals surface area (Å²) >= 11 is 10.0. The lowest BCUT2D eigenvalue weighted by Crippen LogP contribution is -2.29. The van der Waals surface area contributed by atoms with Crippen LogP contribution in [0.1, 0.15) is 18.4 Å². The molecule has 0 atom stereocenters. The molecule has 4 rings (SSSR count). The number of carbonyl (C=O) groups is 2. The molecule has 9 heteroatoms. The quantitative estimate of drug-likeness (QED) is 0.329. The summed E-state index contributed by atoms with van der Waals surface area (Å²) < 4.78 is 3.19. The zero-order valence-electron chi connectivity index (χ0n) is 16.8. The average molecular weight is 528 g/mol. The molecule has 1 aromatic heterocycles. The van der Waals surface area contributed by atoms with E-state index >= 15 is 0 Å². The van der Waals surface area contributed by atoms with Crippen LogP contribution in [0, 0.1) is 0 Å². The number of thiocarbonyl (C=S) groups is 1. The van der Waals surface area contributed by atoms with Gasteiger partial charge in [0.25, 0.3) is 5.91 Å². The number of halogens is 1. The Balaban J connectivity index is 1.69. The minimum Gasteiger partial charge on any atom is -0.481 e. The second-order valence-electron chi connectivity index (χ2n) is 7.05. The largest absolute Gasteiger partial charge is 0.481 e. The van der Waals surface area contributed by atoms with E-state index in [0.29, 0.717) is 15.6 Å². The highest BCUT2D eigenvalue weighted by molar-refractivity contribution is 9.10. The maximum absolute atomic E-state index is 12.9. The molecular weight excluding hydrogens is 510 g/mol. The Hall–Kier alpha value is -2.75. The normalized spacial score (nSPS) is 15.0. The molecule has 162 valence electrons. The molecule has 2 aromatic carbocycles. The Bertz CT molecular complexity index is 1210. The van der Waals surface area contributed by atoms with Crippen LogP contribution in [0.25, 0.3) is 23.0 Å². The van der Waals surface area contributed by atoms with Crippen LogP contribution < -0.4 is 0 Å². The number of hydrogen-bond donors (Lipinski definition) is 1. The van der Waals surface area contributed by atoms with Crippen molar-refractivity contribution in [3.63, 3.8) is 0 Å². The predicted molar refractivity (Wildman–Crippen MR) is 133 cm³/mol. The van der Waals surface area contributed by atoms with Crippen LogP contribution in [-0.2, 0) is 9.59 Å². The van der Waals surface area contributed by atoms with Gasteiger partial charge in [0.1, 0.15) is 4.32 Å². The maximum Gasteiger partial charge on any atom is 0.303 e. The molecule has 1 N–H and O–H groups in total. The van der Waals surface area contributed by atoms with Crippen molar-refractivity contribution in [2.24, 2.45) is 0 Å². The lowest BCUT2D eigenvalue weighted by molar-refractivity contribution is -0.137. The number of thioether (sulfide) groups is 1. The van der Waals surface area contributed by atoms with Crippen LogP contribution in [0.3, 0.4) is 0 Å². The number of amides is 1. The van der Waals surface area contributed by atoms with Gasteiger partial charge in [-0.05, 0) is 36.8 Å². The zero-order chi connectivity index (χ0) is 22.7. The van der Waals surface area contributed by atoms with Crippen molar-refractivity contribution in [3.8, 4) is 16.9 Å². The fraction of sp³-hybridized carbons (Fsp3) is 0.130. The lowest BCUT2D eigenvalue weighted by atomic mass is 10.1. The van der Waals surface area contributed by atoms with Gasteiger partial charge in [0, 0.05) is 34.8 Å². The van der Waals surface area contributed by atoms with Gasteiger partial charge < -0.3 is 5.11 Å². The van der Waals surface area contributed by atoms with Crippen molar-refractivity contribution in [1.82, 2.24) is 14.7 Å². The second kappa shape index (κ2) is 9.81. The van der Waals surface area contributed by atoms with Gasteiger partial charge in [-0.2, -0.15) is 5.10 Å².